The first-order chi connectivity index (χ1) is 9.51. The topological polar surface area (TPSA) is 63.7 Å². The largest absolute Gasteiger partial charge is 0.468 e. The number of aryl methyl sites for hydroxylation is 1. The van der Waals surface area contributed by atoms with Crippen LogP contribution >= 0.6 is 11.8 Å². The maximum absolute atomic E-state index is 12.0. The summed E-state index contributed by atoms with van der Waals surface area (Å²) in [6.45, 7) is 1.61. The quantitative estimate of drug-likeness (QED) is 0.631. The number of thioether (sulfide) groups is 1. The van der Waals surface area contributed by atoms with Gasteiger partial charge in [0.25, 0.3) is 11.1 Å². The minimum atomic E-state index is -0.621. The van der Waals surface area contributed by atoms with Gasteiger partial charge in [-0.25, -0.2) is 0 Å². The normalized spacial score (nSPS) is 16.9. The molecule has 0 radical (unpaired) electrons. The smallest absolute Gasteiger partial charge is 0.325 e. The van der Waals surface area contributed by atoms with Gasteiger partial charge in [0, 0.05) is 0 Å². The molecule has 1 fully saturated rings. The van der Waals surface area contributed by atoms with E-state index in [9.17, 15) is 14.4 Å². The first kappa shape index (κ1) is 14.3. The lowest BCUT2D eigenvalue weighted by atomic mass is 10.1. The van der Waals surface area contributed by atoms with Crippen molar-refractivity contribution in [3.8, 4) is 0 Å². The van der Waals surface area contributed by atoms with Crippen molar-refractivity contribution in [3.05, 3.63) is 40.3 Å². The van der Waals surface area contributed by atoms with E-state index in [4.69, 9.17) is 0 Å². The zero-order valence-electron chi connectivity index (χ0n) is 11.1. The number of carbonyl (C=O) groups excluding carboxylic acids is 3. The number of hydrogen-bond acceptors (Lipinski definition) is 5. The average Bonchev–Trinajstić information content (AvgIpc) is 2.69. The molecule has 1 heterocycles. The van der Waals surface area contributed by atoms with Crippen LogP contribution in [0.25, 0.3) is 6.08 Å². The van der Waals surface area contributed by atoms with Crippen molar-refractivity contribution in [3.63, 3.8) is 0 Å². The molecule has 0 aliphatic carbocycles. The Morgan fingerprint density at radius 2 is 1.95 bits per heavy atom. The Hall–Kier alpha value is -2.08. The van der Waals surface area contributed by atoms with E-state index in [-0.39, 0.29) is 6.54 Å². The number of esters is 1. The molecule has 0 saturated carbocycles. The van der Waals surface area contributed by atoms with Gasteiger partial charge in [-0.2, -0.15) is 0 Å². The minimum absolute atomic E-state index is 0.308. The molecule has 0 unspecified atom stereocenters. The summed E-state index contributed by atoms with van der Waals surface area (Å²) in [6.07, 6.45) is 1.64. The van der Waals surface area contributed by atoms with Gasteiger partial charge in [0.15, 0.2) is 0 Å². The molecule has 2 amide bonds. The summed E-state index contributed by atoms with van der Waals surface area (Å²) in [5.41, 5.74) is 1.94. The molecule has 0 N–H and O–H groups in total. The summed E-state index contributed by atoms with van der Waals surface area (Å²) >= 11 is 0.824. The van der Waals surface area contributed by atoms with Crippen LogP contribution in [0.5, 0.6) is 0 Å². The lowest BCUT2D eigenvalue weighted by Gasteiger charge is -2.09. The van der Waals surface area contributed by atoms with Crippen LogP contribution in [0.3, 0.4) is 0 Å². The monoisotopic (exact) mass is 291 g/mol. The van der Waals surface area contributed by atoms with Gasteiger partial charge in [-0.1, -0.05) is 29.8 Å². The van der Waals surface area contributed by atoms with Crippen molar-refractivity contribution in [2.45, 2.75) is 6.92 Å². The number of ether oxygens (including phenoxy) is 1. The molecule has 20 heavy (non-hydrogen) atoms. The molecule has 0 atom stereocenters. The first-order valence-electron chi connectivity index (χ1n) is 5.90. The summed E-state index contributed by atoms with van der Waals surface area (Å²) in [7, 11) is 1.21. The number of rotatable bonds is 3. The van der Waals surface area contributed by atoms with Crippen molar-refractivity contribution in [1.82, 2.24) is 4.90 Å². The molecule has 104 valence electrons. The lowest BCUT2D eigenvalue weighted by molar-refractivity contribution is -0.143. The Balaban J connectivity index is 2.19. The number of benzene rings is 1. The molecule has 1 aliphatic rings. The van der Waals surface area contributed by atoms with Crippen molar-refractivity contribution >= 4 is 35.0 Å². The van der Waals surface area contributed by atoms with E-state index in [1.54, 1.807) is 6.08 Å². The van der Waals surface area contributed by atoms with Crippen molar-refractivity contribution < 1.29 is 19.1 Å². The number of carbonyl (C=O) groups is 3. The van der Waals surface area contributed by atoms with Crippen molar-refractivity contribution in [1.29, 1.82) is 0 Å². The standard InChI is InChI=1S/C14H13NO4S/c1-9-3-5-10(6-4-9)7-11-13(17)15(14(18)20-11)8-12(16)19-2/h3-7H,8H2,1-2H3/b11-7+. The molecular weight excluding hydrogens is 278 g/mol. The maximum atomic E-state index is 12.0. The molecule has 2 rings (SSSR count). The zero-order valence-corrected chi connectivity index (χ0v) is 11.9. The van der Waals surface area contributed by atoms with E-state index in [1.807, 2.05) is 31.2 Å². The summed E-state index contributed by atoms with van der Waals surface area (Å²) < 4.78 is 4.46. The highest BCUT2D eigenvalue weighted by Gasteiger charge is 2.36. The Bertz CT molecular complexity index is 592. The van der Waals surface area contributed by atoms with Gasteiger partial charge in [-0.05, 0) is 30.3 Å². The van der Waals surface area contributed by atoms with Crippen LogP contribution in [0.1, 0.15) is 11.1 Å². The predicted molar refractivity (Wildman–Crippen MR) is 75.9 cm³/mol. The number of hydrogen-bond donors (Lipinski definition) is 0. The number of imide groups is 1. The van der Waals surface area contributed by atoms with E-state index in [2.05, 4.69) is 4.74 Å². The molecule has 0 spiro atoms. The Morgan fingerprint density at radius 1 is 1.30 bits per heavy atom. The minimum Gasteiger partial charge on any atom is -0.468 e. The summed E-state index contributed by atoms with van der Waals surface area (Å²) in [4.78, 5) is 36.1. The van der Waals surface area contributed by atoms with Crippen LogP contribution in [-0.2, 0) is 14.3 Å². The van der Waals surface area contributed by atoms with Crippen molar-refractivity contribution in [2.24, 2.45) is 0 Å². The molecule has 0 bridgehead atoms. The molecule has 1 aliphatic heterocycles. The molecule has 5 nitrogen and oxygen atoms in total. The molecule has 1 aromatic rings. The molecule has 6 heteroatoms. The molecule has 1 aromatic carbocycles. The highest BCUT2D eigenvalue weighted by atomic mass is 32.2. The van der Waals surface area contributed by atoms with E-state index in [0.717, 1.165) is 27.8 Å². The second kappa shape index (κ2) is 5.92. The van der Waals surface area contributed by atoms with Crippen LogP contribution in [0, 0.1) is 6.92 Å². The zero-order chi connectivity index (χ0) is 14.7. The van der Waals surface area contributed by atoms with Gasteiger partial charge in [0.05, 0.1) is 12.0 Å². The SMILES string of the molecule is COC(=O)CN1C(=O)S/C(=C/c2ccc(C)cc2)C1=O. The van der Waals surface area contributed by atoms with Crippen LogP contribution < -0.4 is 0 Å². The van der Waals surface area contributed by atoms with Gasteiger partial charge in [0.1, 0.15) is 6.54 Å². The Morgan fingerprint density at radius 3 is 2.55 bits per heavy atom. The third-order valence-electron chi connectivity index (χ3n) is 2.76. The maximum Gasteiger partial charge on any atom is 0.325 e. The van der Waals surface area contributed by atoms with Gasteiger partial charge in [0.2, 0.25) is 0 Å². The second-order valence-electron chi connectivity index (χ2n) is 4.25. The third kappa shape index (κ3) is 3.08. The van der Waals surface area contributed by atoms with Gasteiger partial charge in [-0.3, -0.25) is 19.3 Å². The number of nitrogens with zero attached hydrogens (tertiary/aromatic N) is 1. The number of amides is 2. The predicted octanol–water partition coefficient (Wildman–Crippen LogP) is 2.20. The fourth-order valence-electron chi connectivity index (χ4n) is 1.64. The highest BCUT2D eigenvalue weighted by molar-refractivity contribution is 8.18. The van der Waals surface area contributed by atoms with E-state index in [0.29, 0.717) is 4.91 Å². The van der Waals surface area contributed by atoms with E-state index >= 15 is 0 Å². The fourth-order valence-corrected chi connectivity index (χ4v) is 2.48. The Labute approximate surface area is 120 Å². The summed E-state index contributed by atoms with van der Waals surface area (Å²) in [5, 5.41) is -0.459. The Kier molecular flexibility index (Phi) is 4.24. The summed E-state index contributed by atoms with van der Waals surface area (Å²) in [5.74, 6) is -1.09. The summed E-state index contributed by atoms with van der Waals surface area (Å²) in [6, 6.07) is 7.57. The van der Waals surface area contributed by atoms with Gasteiger partial charge in [-0.15, -0.1) is 0 Å². The molecule has 0 aromatic heterocycles. The van der Waals surface area contributed by atoms with Crippen LogP contribution in [0.15, 0.2) is 29.2 Å². The lowest BCUT2D eigenvalue weighted by Crippen LogP contribution is -2.34. The third-order valence-corrected chi connectivity index (χ3v) is 3.67. The highest BCUT2D eigenvalue weighted by Crippen LogP contribution is 2.32. The van der Waals surface area contributed by atoms with Gasteiger partial charge < -0.3 is 4.74 Å². The average molecular weight is 291 g/mol. The molecular formula is C14H13NO4S. The van der Waals surface area contributed by atoms with Crippen LogP contribution in [0.4, 0.5) is 4.79 Å². The fraction of sp³-hybridized carbons (Fsp3) is 0.214. The van der Waals surface area contributed by atoms with E-state index < -0.39 is 17.1 Å². The first-order valence-corrected chi connectivity index (χ1v) is 6.72. The second-order valence-corrected chi connectivity index (χ2v) is 5.25. The van der Waals surface area contributed by atoms with E-state index in [1.165, 1.54) is 7.11 Å². The molecule has 1 saturated heterocycles. The number of methoxy groups -OCH3 is 1. The van der Waals surface area contributed by atoms with Crippen LogP contribution in [-0.4, -0.2) is 35.7 Å². The van der Waals surface area contributed by atoms with Gasteiger partial charge >= 0.3 is 5.97 Å². The van der Waals surface area contributed by atoms with Crippen LogP contribution in [0.2, 0.25) is 0 Å². The van der Waals surface area contributed by atoms with Crippen molar-refractivity contribution in [2.75, 3.05) is 13.7 Å².